The molecule has 1 saturated carbocycles. The second-order valence-electron chi connectivity index (χ2n) is 5.83. The molecule has 2 unspecified atom stereocenters. The number of halogens is 3. The van der Waals surface area contributed by atoms with Gasteiger partial charge in [-0.1, -0.05) is 12.8 Å². The molecule has 1 heterocycles. The minimum atomic E-state index is -4.16. The van der Waals surface area contributed by atoms with Crippen molar-refractivity contribution in [3.8, 4) is 6.07 Å². The minimum absolute atomic E-state index is 0.146. The molecular formula is C13H20F3N3. The van der Waals surface area contributed by atoms with E-state index in [2.05, 4.69) is 11.4 Å². The number of likely N-dealkylation sites (tertiary alicyclic amines) is 1. The fourth-order valence-electron chi connectivity index (χ4n) is 2.94. The van der Waals surface area contributed by atoms with Crippen molar-refractivity contribution < 1.29 is 13.2 Å². The summed E-state index contributed by atoms with van der Waals surface area (Å²) in [6.07, 6.45) is 0.259. The molecule has 0 spiro atoms. The van der Waals surface area contributed by atoms with Gasteiger partial charge >= 0.3 is 6.18 Å². The van der Waals surface area contributed by atoms with E-state index in [0.29, 0.717) is 19.0 Å². The highest BCUT2D eigenvalue weighted by Crippen LogP contribution is 2.37. The van der Waals surface area contributed by atoms with Gasteiger partial charge < -0.3 is 5.32 Å². The Bertz CT molecular complexity index is 333. The van der Waals surface area contributed by atoms with Crippen molar-refractivity contribution in [3.63, 3.8) is 0 Å². The number of hydrogen-bond acceptors (Lipinski definition) is 3. The molecule has 1 saturated heterocycles. The Kier molecular flexibility index (Phi) is 4.69. The van der Waals surface area contributed by atoms with Gasteiger partial charge in [-0.25, -0.2) is 0 Å². The molecule has 0 aromatic carbocycles. The third-order valence-electron chi connectivity index (χ3n) is 3.86. The van der Waals surface area contributed by atoms with Crippen LogP contribution >= 0.6 is 0 Å². The highest BCUT2D eigenvalue weighted by atomic mass is 19.4. The normalized spacial score (nSPS) is 29.2. The van der Waals surface area contributed by atoms with Crippen LogP contribution in [0, 0.1) is 23.2 Å². The summed E-state index contributed by atoms with van der Waals surface area (Å²) in [5.74, 6) is 1.20. The maximum Gasteiger partial charge on any atom is 0.401 e. The molecule has 2 atom stereocenters. The molecule has 108 valence electrons. The average Bonchev–Trinajstić information content (AvgIpc) is 3.10. The minimum Gasteiger partial charge on any atom is -0.305 e. The number of nitrogens with zero attached hydrogens (tertiary/aromatic N) is 2. The Hall–Kier alpha value is -0.800. The molecule has 0 aromatic rings. The van der Waals surface area contributed by atoms with E-state index in [1.165, 1.54) is 12.8 Å². The van der Waals surface area contributed by atoms with Gasteiger partial charge in [-0.2, -0.15) is 18.4 Å². The molecule has 0 aromatic heterocycles. The lowest BCUT2D eigenvalue weighted by atomic mass is 9.89. The molecule has 6 heteroatoms. The van der Waals surface area contributed by atoms with Gasteiger partial charge in [0.15, 0.2) is 0 Å². The summed E-state index contributed by atoms with van der Waals surface area (Å²) in [5, 5.41) is 11.3. The van der Waals surface area contributed by atoms with Crippen molar-refractivity contribution >= 4 is 0 Å². The predicted molar refractivity (Wildman–Crippen MR) is 65.3 cm³/mol. The van der Waals surface area contributed by atoms with E-state index in [1.807, 2.05) is 4.90 Å². The van der Waals surface area contributed by atoms with Crippen LogP contribution in [0.5, 0.6) is 0 Å². The lowest BCUT2D eigenvalue weighted by Gasteiger charge is -2.37. The molecule has 0 amide bonds. The third-order valence-corrected chi connectivity index (χ3v) is 3.86. The van der Waals surface area contributed by atoms with Gasteiger partial charge in [-0.3, -0.25) is 4.90 Å². The van der Waals surface area contributed by atoms with E-state index in [9.17, 15) is 13.2 Å². The number of nitriles is 1. The standard InChI is InChI=1S/C13H20F3N3/c14-13(15,16)9-18-12-6-11(5-10-1-2-10)7-19(8-12)4-3-17/h10-12,18H,1-2,4-9H2. The molecule has 1 N–H and O–H groups in total. The van der Waals surface area contributed by atoms with Crippen LogP contribution in [0.25, 0.3) is 0 Å². The van der Waals surface area contributed by atoms with Gasteiger partial charge in [-0.15, -0.1) is 0 Å². The third kappa shape index (κ3) is 5.37. The van der Waals surface area contributed by atoms with Crippen LogP contribution in [0.1, 0.15) is 25.7 Å². The molecule has 0 radical (unpaired) electrons. The summed E-state index contributed by atoms with van der Waals surface area (Å²) in [4.78, 5) is 1.98. The van der Waals surface area contributed by atoms with Crippen molar-refractivity contribution in [2.24, 2.45) is 11.8 Å². The van der Waals surface area contributed by atoms with Gasteiger partial charge in [0, 0.05) is 19.1 Å². The Morgan fingerprint density at radius 2 is 1.95 bits per heavy atom. The van der Waals surface area contributed by atoms with Crippen molar-refractivity contribution in [3.05, 3.63) is 0 Å². The molecule has 3 nitrogen and oxygen atoms in total. The lowest BCUT2D eigenvalue weighted by molar-refractivity contribution is -0.127. The van der Waals surface area contributed by atoms with Crippen molar-refractivity contribution in [1.82, 2.24) is 10.2 Å². The van der Waals surface area contributed by atoms with Crippen LogP contribution in [0.4, 0.5) is 13.2 Å². The smallest absolute Gasteiger partial charge is 0.305 e. The van der Waals surface area contributed by atoms with E-state index in [0.717, 1.165) is 25.3 Å². The summed E-state index contributed by atoms with van der Waals surface area (Å²) in [6.45, 7) is 0.776. The first-order valence-corrected chi connectivity index (χ1v) is 6.85. The van der Waals surface area contributed by atoms with Crippen molar-refractivity contribution in [1.29, 1.82) is 5.26 Å². The topological polar surface area (TPSA) is 39.1 Å². The second kappa shape index (κ2) is 6.10. The van der Waals surface area contributed by atoms with E-state index >= 15 is 0 Å². The van der Waals surface area contributed by atoms with E-state index in [1.54, 1.807) is 0 Å². The molecule has 1 aliphatic carbocycles. The zero-order valence-electron chi connectivity index (χ0n) is 10.9. The molecule has 1 aliphatic heterocycles. The summed E-state index contributed by atoms with van der Waals surface area (Å²) in [5.41, 5.74) is 0. The molecule has 0 bridgehead atoms. The van der Waals surface area contributed by atoms with Crippen LogP contribution in [0.3, 0.4) is 0 Å². The number of piperidine rings is 1. The summed E-state index contributed by atoms with van der Waals surface area (Å²) < 4.78 is 36.7. The monoisotopic (exact) mass is 275 g/mol. The van der Waals surface area contributed by atoms with E-state index in [4.69, 9.17) is 5.26 Å². The summed E-state index contributed by atoms with van der Waals surface area (Å²) in [6, 6.07) is 1.95. The van der Waals surface area contributed by atoms with Crippen LogP contribution in [-0.4, -0.2) is 43.3 Å². The molecule has 2 rings (SSSR count). The maximum absolute atomic E-state index is 12.2. The average molecular weight is 275 g/mol. The van der Waals surface area contributed by atoms with Crippen LogP contribution in [-0.2, 0) is 0 Å². The summed E-state index contributed by atoms with van der Waals surface area (Å²) in [7, 11) is 0. The Labute approximate surface area is 111 Å². The second-order valence-corrected chi connectivity index (χ2v) is 5.83. The van der Waals surface area contributed by atoms with Gasteiger partial charge in [0.25, 0.3) is 0 Å². The molecular weight excluding hydrogens is 255 g/mol. The first kappa shape index (κ1) is 14.6. The van der Waals surface area contributed by atoms with Crippen molar-refractivity contribution in [2.75, 3.05) is 26.2 Å². The quantitative estimate of drug-likeness (QED) is 0.781. The van der Waals surface area contributed by atoms with Gasteiger partial charge in [-0.05, 0) is 24.7 Å². The number of hydrogen-bond donors (Lipinski definition) is 1. The van der Waals surface area contributed by atoms with Gasteiger partial charge in [0.2, 0.25) is 0 Å². The fourth-order valence-corrected chi connectivity index (χ4v) is 2.94. The van der Waals surface area contributed by atoms with E-state index < -0.39 is 12.7 Å². The van der Waals surface area contributed by atoms with Crippen LogP contribution < -0.4 is 5.32 Å². The van der Waals surface area contributed by atoms with Crippen LogP contribution in [0.15, 0.2) is 0 Å². The number of nitrogens with one attached hydrogen (secondary N) is 1. The Balaban J connectivity index is 1.84. The first-order chi connectivity index (χ1) is 8.96. The molecule has 2 fully saturated rings. The number of rotatable bonds is 5. The lowest BCUT2D eigenvalue weighted by Crippen LogP contribution is -2.51. The van der Waals surface area contributed by atoms with Gasteiger partial charge in [0.05, 0.1) is 19.2 Å². The largest absolute Gasteiger partial charge is 0.401 e. The highest BCUT2D eigenvalue weighted by molar-refractivity contribution is 4.90. The van der Waals surface area contributed by atoms with Gasteiger partial charge in [0.1, 0.15) is 0 Å². The Morgan fingerprint density at radius 1 is 1.21 bits per heavy atom. The zero-order chi connectivity index (χ0) is 13.9. The predicted octanol–water partition coefficient (Wildman–Crippen LogP) is 2.15. The SMILES string of the molecule is N#CCN1CC(CC2CC2)CC(NCC(F)(F)F)C1. The molecule has 2 aliphatic rings. The van der Waals surface area contributed by atoms with Crippen LogP contribution in [0.2, 0.25) is 0 Å². The fraction of sp³-hybridized carbons (Fsp3) is 0.923. The summed E-state index contributed by atoms with van der Waals surface area (Å²) >= 11 is 0. The highest BCUT2D eigenvalue weighted by Gasteiger charge is 2.34. The van der Waals surface area contributed by atoms with Crippen molar-refractivity contribution in [2.45, 2.75) is 37.9 Å². The Morgan fingerprint density at radius 3 is 2.53 bits per heavy atom. The van der Waals surface area contributed by atoms with E-state index in [-0.39, 0.29) is 6.04 Å². The first-order valence-electron chi connectivity index (χ1n) is 6.85. The zero-order valence-corrected chi connectivity index (χ0v) is 10.9. The number of alkyl halides is 3. The maximum atomic E-state index is 12.2. The molecule has 19 heavy (non-hydrogen) atoms.